The predicted octanol–water partition coefficient (Wildman–Crippen LogP) is 3.38. The average Bonchev–Trinajstić information content (AvgIpc) is 2.20. The van der Waals surface area contributed by atoms with Crippen LogP contribution in [0.15, 0.2) is 24.3 Å². The van der Waals surface area contributed by atoms with E-state index < -0.39 is 0 Å². The van der Waals surface area contributed by atoms with Crippen molar-refractivity contribution in [1.82, 2.24) is 9.97 Å². The Bertz CT molecular complexity index is 510. The summed E-state index contributed by atoms with van der Waals surface area (Å²) >= 11 is 0. The highest BCUT2D eigenvalue weighted by Crippen LogP contribution is 2.21. The summed E-state index contributed by atoms with van der Waals surface area (Å²) in [7, 11) is 0. The van der Waals surface area contributed by atoms with E-state index in [9.17, 15) is 0 Å². The third-order valence-corrected chi connectivity index (χ3v) is 2.62. The third kappa shape index (κ3) is 2.11. The van der Waals surface area contributed by atoms with Gasteiger partial charge in [0, 0.05) is 17.0 Å². The normalized spacial score (nSPS) is 10.5. The Morgan fingerprint density at radius 3 is 2.06 bits per heavy atom. The lowest BCUT2D eigenvalue weighted by Crippen LogP contribution is -1.96. The molecule has 82 valence electrons. The minimum absolute atomic E-state index is 0.832. The van der Waals surface area contributed by atoms with Gasteiger partial charge in [0.1, 0.15) is 0 Å². The second kappa shape index (κ2) is 4.05. The number of hydrogen-bond donors (Lipinski definition) is 0. The monoisotopic (exact) mass is 212 g/mol. The van der Waals surface area contributed by atoms with Crippen molar-refractivity contribution >= 4 is 0 Å². The number of hydrogen-bond acceptors (Lipinski definition) is 2. The summed E-state index contributed by atoms with van der Waals surface area (Å²) in [6.07, 6.45) is 0. The lowest BCUT2D eigenvalue weighted by atomic mass is 10.0. The van der Waals surface area contributed by atoms with E-state index in [0.717, 1.165) is 22.8 Å². The molecule has 0 aliphatic rings. The van der Waals surface area contributed by atoms with E-state index in [1.165, 1.54) is 11.1 Å². The van der Waals surface area contributed by atoms with Crippen LogP contribution in [0.2, 0.25) is 0 Å². The predicted molar refractivity (Wildman–Crippen MR) is 66.4 cm³/mol. The Kier molecular flexibility index (Phi) is 2.73. The molecule has 0 N–H and O–H groups in total. The number of nitrogens with zero attached hydrogens (tertiary/aromatic N) is 2. The topological polar surface area (TPSA) is 25.8 Å². The van der Waals surface area contributed by atoms with Gasteiger partial charge in [-0.05, 0) is 45.4 Å². The highest BCUT2D eigenvalue weighted by Gasteiger charge is 2.06. The SMILES string of the molecule is Cc1ccc(C)c(-c2nc(C)cc(C)n2)c1. The van der Waals surface area contributed by atoms with Crippen molar-refractivity contribution < 1.29 is 0 Å². The smallest absolute Gasteiger partial charge is 0.159 e. The second-order valence-corrected chi connectivity index (χ2v) is 4.29. The number of benzene rings is 1. The molecule has 0 amide bonds. The average molecular weight is 212 g/mol. The second-order valence-electron chi connectivity index (χ2n) is 4.29. The van der Waals surface area contributed by atoms with Crippen LogP contribution < -0.4 is 0 Å². The maximum atomic E-state index is 4.50. The van der Waals surface area contributed by atoms with Crippen molar-refractivity contribution in [3.8, 4) is 11.4 Å². The quantitative estimate of drug-likeness (QED) is 0.724. The van der Waals surface area contributed by atoms with Crippen LogP contribution in [-0.2, 0) is 0 Å². The van der Waals surface area contributed by atoms with Crippen LogP contribution in [0.3, 0.4) is 0 Å². The maximum absolute atomic E-state index is 4.50. The first-order chi connectivity index (χ1) is 7.56. The molecule has 0 saturated carbocycles. The summed E-state index contributed by atoms with van der Waals surface area (Å²) in [5.41, 5.74) is 5.62. The molecule has 0 aliphatic heterocycles. The van der Waals surface area contributed by atoms with Gasteiger partial charge in [-0.1, -0.05) is 17.7 Å². The first-order valence-corrected chi connectivity index (χ1v) is 5.46. The highest BCUT2D eigenvalue weighted by molar-refractivity contribution is 5.61. The minimum atomic E-state index is 0.832. The molecule has 0 saturated heterocycles. The highest BCUT2D eigenvalue weighted by atomic mass is 14.9. The molecule has 2 rings (SSSR count). The summed E-state index contributed by atoms with van der Waals surface area (Å²) in [4.78, 5) is 8.99. The molecule has 16 heavy (non-hydrogen) atoms. The Balaban J connectivity index is 2.62. The Morgan fingerprint density at radius 1 is 0.812 bits per heavy atom. The zero-order chi connectivity index (χ0) is 11.7. The van der Waals surface area contributed by atoms with Gasteiger partial charge in [-0.2, -0.15) is 0 Å². The first-order valence-electron chi connectivity index (χ1n) is 5.46. The maximum Gasteiger partial charge on any atom is 0.159 e. The van der Waals surface area contributed by atoms with Crippen LogP contribution in [0.5, 0.6) is 0 Å². The lowest BCUT2D eigenvalue weighted by Gasteiger charge is -2.07. The third-order valence-electron chi connectivity index (χ3n) is 2.62. The van der Waals surface area contributed by atoms with Crippen LogP contribution in [-0.4, -0.2) is 9.97 Å². The number of rotatable bonds is 1. The van der Waals surface area contributed by atoms with Gasteiger partial charge in [0.2, 0.25) is 0 Å². The molecule has 0 bridgehead atoms. The largest absolute Gasteiger partial charge is 0.233 e. The van der Waals surface area contributed by atoms with Crippen molar-refractivity contribution in [1.29, 1.82) is 0 Å². The van der Waals surface area contributed by atoms with Gasteiger partial charge in [0.15, 0.2) is 5.82 Å². The van der Waals surface area contributed by atoms with E-state index >= 15 is 0 Å². The molecule has 0 spiro atoms. The van der Waals surface area contributed by atoms with Crippen molar-refractivity contribution in [3.05, 3.63) is 46.8 Å². The summed E-state index contributed by atoms with van der Waals surface area (Å²) < 4.78 is 0. The van der Waals surface area contributed by atoms with Crippen LogP contribution in [0.4, 0.5) is 0 Å². The van der Waals surface area contributed by atoms with E-state index in [4.69, 9.17) is 0 Å². The Labute approximate surface area is 96.4 Å². The van der Waals surface area contributed by atoms with Gasteiger partial charge in [0.25, 0.3) is 0 Å². The van der Waals surface area contributed by atoms with E-state index in [0.29, 0.717) is 0 Å². The van der Waals surface area contributed by atoms with Gasteiger partial charge in [-0.3, -0.25) is 0 Å². The van der Waals surface area contributed by atoms with E-state index in [2.05, 4.69) is 42.0 Å². The molecule has 0 atom stereocenters. The van der Waals surface area contributed by atoms with Gasteiger partial charge in [-0.15, -0.1) is 0 Å². The van der Waals surface area contributed by atoms with Crippen molar-refractivity contribution in [2.24, 2.45) is 0 Å². The Hall–Kier alpha value is -1.70. The first kappa shape index (κ1) is 10.8. The molecule has 1 aromatic carbocycles. The fraction of sp³-hybridized carbons (Fsp3) is 0.286. The molecule has 2 nitrogen and oxygen atoms in total. The van der Waals surface area contributed by atoms with Gasteiger partial charge < -0.3 is 0 Å². The van der Waals surface area contributed by atoms with Crippen LogP contribution in [0.25, 0.3) is 11.4 Å². The standard InChI is InChI=1S/C14H16N2/c1-9-5-6-10(2)13(7-9)14-15-11(3)8-12(4)16-14/h5-8H,1-4H3. The number of aryl methyl sites for hydroxylation is 4. The summed E-state index contributed by atoms with van der Waals surface area (Å²) in [6.45, 7) is 8.19. The zero-order valence-corrected chi connectivity index (χ0v) is 10.2. The zero-order valence-electron chi connectivity index (χ0n) is 10.2. The molecule has 0 aliphatic carbocycles. The van der Waals surface area contributed by atoms with E-state index in [1.807, 2.05) is 19.9 Å². The van der Waals surface area contributed by atoms with Gasteiger partial charge in [-0.25, -0.2) is 9.97 Å². The summed E-state index contributed by atoms with van der Waals surface area (Å²) in [6, 6.07) is 8.37. The molecular weight excluding hydrogens is 196 g/mol. The minimum Gasteiger partial charge on any atom is -0.233 e. The van der Waals surface area contributed by atoms with Crippen molar-refractivity contribution in [3.63, 3.8) is 0 Å². The molecule has 1 aromatic heterocycles. The molecule has 0 fully saturated rings. The molecule has 2 heteroatoms. The molecule has 2 aromatic rings. The summed E-state index contributed by atoms with van der Waals surface area (Å²) in [5, 5.41) is 0. The van der Waals surface area contributed by atoms with Gasteiger partial charge >= 0.3 is 0 Å². The molecule has 1 heterocycles. The van der Waals surface area contributed by atoms with Crippen LogP contribution in [0, 0.1) is 27.7 Å². The van der Waals surface area contributed by atoms with Crippen LogP contribution >= 0.6 is 0 Å². The van der Waals surface area contributed by atoms with E-state index in [1.54, 1.807) is 0 Å². The summed E-state index contributed by atoms with van der Waals surface area (Å²) in [5.74, 6) is 0.832. The Morgan fingerprint density at radius 2 is 1.44 bits per heavy atom. The fourth-order valence-electron chi connectivity index (χ4n) is 1.82. The van der Waals surface area contributed by atoms with Crippen LogP contribution in [0.1, 0.15) is 22.5 Å². The van der Waals surface area contributed by atoms with Crippen molar-refractivity contribution in [2.45, 2.75) is 27.7 Å². The molecular formula is C14H16N2. The molecule has 0 radical (unpaired) electrons. The fourth-order valence-corrected chi connectivity index (χ4v) is 1.82. The molecule has 0 unspecified atom stereocenters. The van der Waals surface area contributed by atoms with Gasteiger partial charge in [0.05, 0.1) is 0 Å². The lowest BCUT2D eigenvalue weighted by molar-refractivity contribution is 1.06. The van der Waals surface area contributed by atoms with Crippen molar-refractivity contribution in [2.75, 3.05) is 0 Å². The number of aromatic nitrogens is 2. The van der Waals surface area contributed by atoms with E-state index in [-0.39, 0.29) is 0 Å².